The van der Waals surface area contributed by atoms with Crippen LogP contribution < -0.4 is 5.73 Å². The molecule has 7 heteroatoms. The molecule has 2 aromatic heterocycles. The van der Waals surface area contributed by atoms with Crippen LogP contribution in [-0.4, -0.2) is 15.1 Å². The Hall–Kier alpha value is -2.09. The monoisotopic (exact) mass is 307 g/mol. The minimum Gasteiger partial charge on any atom is -0.373 e. The van der Waals surface area contributed by atoms with Gasteiger partial charge in [-0.2, -0.15) is 0 Å². The van der Waals surface area contributed by atoms with Gasteiger partial charge in [0.1, 0.15) is 29.4 Å². The van der Waals surface area contributed by atoms with E-state index in [0.717, 1.165) is 17.0 Å². The summed E-state index contributed by atoms with van der Waals surface area (Å²) in [5.74, 6) is -1.48. The molecule has 3 aromatic rings. The molecule has 0 aliphatic heterocycles. The number of H-pyrrole nitrogens is 1. The molecule has 0 bridgehead atoms. The summed E-state index contributed by atoms with van der Waals surface area (Å²) in [5.41, 5.74) is 5.82. The van der Waals surface area contributed by atoms with Crippen LogP contribution in [-0.2, 0) is 0 Å². The maximum Gasteiger partial charge on any atom is 0.145 e. The van der Waals surface area contributed by atoms with Crippen molar-refractivity contribution in [3.63, 3.8) is 0 Å². The van der Waals surface area contributed by atoms with E-state index in [1.165, 1.54) is 17.4 Å². The highest BCUT2D eigenvalue weighted by Gasteiger charge is 2.21. The number of hydrogen-bond acceptors (Lipinski definition) is 4. The average molecular weight is 307 g/mol. The fourth-order valence-electron chi connectivity index (χ4n) is 2.04. The second-order valence-electron chi connectivity index (χ2n) is 4.37. The number of imidazole rings is 1. The van der Waals surface area contributed by atoms with Gasteiger partial charge in [-0.25, -0.2) is 13.8 Å². The molecule has 1 unspecified atom stereocenters. The quantitative estimate of drug-likeness (QED) is 0.651. The molecule has 2 heterocycles. The number of rotatable bonds is 3. The smallest absolute Gasteiger partial charge is 0.145 e. The Morgan fingerprint density at radius 3 is 2.48 bits per heavy atom. The molecule has 0 aliphatic carbocycles. The topological polar surface area (TPSA) is 74.9 Å². The van der Waals surface area contributed by atoms with Gasteiger partial charge in [-0.3, -0.25) is 0 Å². The van der Waals surface area contributed by atoms with Gasteiger partial charge in [-0.05, 0) is 23.6 Å². The molecule has 0 spiro atoms. The average Bonchev–Trinajstić information content (AvgIpc) is 3.07. The van der Waals surface area contributed by atoms with E-state index in [1.807, 2.05) is 11.4 Å². The molecule has 21 heavy (non-hydrogen) atoms. The zero-order valence-corrected chi connectivity index (χ0v) is 11.5. The van der Waals surface area contributed by atoms with Crippen molar-refractivity contribution in [3.8, 4) is 22.0 Å². The van der Waals surface area contributed by atoms with Gasteiger partial charge in [0.05, 0.1) is 16.1 Å². The molecule has 108 valence electrons. The van der Waals surface area contributed by atoms with Crippen LogP contribution in [0.15, 0.2) is 35.7 Å². The van der Waals surface area contributed by atoms with Crippen molar-refractivity contribution in [1.82, 2.24) is 9.97 Å². The molecule has 0 fully saturated rings. The minimum absolute atomic E-state index is 0.00602. The van der Waals surface area contributed by atoms with Gasteiger partial charge in [0.15, 0.2) is 0 Å². The summed E-state index contributed by atoms with van der Waals surface area (Å²) in [6.07, 6.45) is -1.32. The van der Waals surface area contributed by atoms with Crippen molar-refractivity contribution in [1.29, 1.82) is 0 Å². The van der Waals surface area contributed by atoms with Gasteiger partial charge in [0.25, 0.3) is 0 Å². The molecule has 1 aromatic carbocycles. The summed E-state index contributed by atoms with van der Waals surface area (Å²) < 4.78 is 27.7. The summed E-state index contributed by atoms with van der Waals surface area (Å²) in [4.78, 5) is 7.65. The van der Waals surface area contributed by atoms with Gasteiger partial charge in [0, 0.05) is 0 Å². The number of aromatic amines is 1. The SMILES string of the molecule is NC(O)c1[nH]c(-c2c(F)cccc2F)nc1-c1cccs1. The minimum atomic E-state index is -1.32. The summed E-state index contributed by atoms with van der Waals surface area (Å²) in [6.45, 7) is 0. The first-order valence-corrected chi connectivity index (χ1v) is 6.97. The first-order valence-electron chi connectivity index (χ1n) is 6.09. The van der Waals surface area contributed by atoms with Gasteiger partial charge < -0.3 is 15.8 Å². The lowest BCUT2D eigenvalue weighted by Crippen LogP contribution is -2.10. The third-order valence-corrected chi connectivity index (χ3v) is 3.86. The molecule has 0 amide bonds. The Morgan fingerprint density at radius 2 is 1.90 bits per heavy atom. The number of aliphatic hydroxyl groups is 1. The largest absolute Gasteiger partial charge is 0.373 e. The Bertz CT molecular complexity index is 748. The van der Waals surface area contributed by atoms with E-state index in [1.54, 1.807) is 6.07 Å². The Morgan fingerprint density at radius 1 is 1.19 bits per heavy atom. The normalized spacial score (nSPS) is 12.6. The summed E-state index contributed by atoms with van der Waals surface area (Å²) in [7, 11) is 0. The number of aliphatic hydroxyl groups excluding tert-OH is 1. The van der Waals surface area contributed by atoms with Gasteiger partial charge in [-0.1, -0.05) is 12.1 Å². The molecular weight excluding hydrogens is 296 g/mol. The van der Waals surface area contributed by atoms with Crippen LogP contribution in [0.5, 0.6) is 0 Å². The van der Waals surface area contributed by atoms with Crippen molar-refractivity contribution in [3.05, 3.63) is 53.0 Å². The lowest BCUT2D eigenvalue weighted by atomic mass is 10.2. The Kier molecular flexibility index (Phi) is 3.54. The van der Waals surface area contributed by atoms with Crippen LogP contribution in [0.2, 0.25) is 0 Å². The number of hydrogen-bond donors (Lipinski definition) is 3. The van der Waals surface area contributed by atoms with Crippen LogP contribution in [0.3, 0.4) is 0 Å². The Labute approximate surface area is 122 Å². The summed E-state index contributed by atoms with van der Waals surface area (Å²) in [6, 6.07) is 7.16. The fraction of sp³-hybridized carbons (Fsp3) is 0.0714. The highest BCUT2D eigenvalue weighted by molar-refractivity contribution is 7.13. The van der Waals surface area contributed by atoms with Crippen LogP contribution in [0.25, 0.3) is 22.0 Å². The van der Waals surface area contributed by atoms with Crippen molar-refractivity contribution in [2.45, 2.75) is 6.23 Å². The predicted molar refractivity (Wildman–Crippen MR) is 76.4 cm³/mol. The standard InChI is InChI=1S/C14H11F2N3OS/c15-7-3-1-4-8(16)10(7)14-18-11(9-5-2-6-21-9)12(19-14)13(17)20/h1-6,13,20H,17H2,(H,18,19). The number of nitrogens with two attached hydrogens (primary N) is 1. The van der Waals surface area contributed by atoms with E-state index in [2.05, 4.69) is 9.97 Å². The molecule has 1 atom stereocenters. The van der Waals surface area contributed by atoms with Gasteiger partial charge in [-0.15, -0.1) is 11.3 Å². The molecule has 4 nitrogen and oxygen atoms in total. The highest BCUT2D eigenvalue weighted by Crippen LogP contribution is 2.32. The molecule has 0 saturated carbocycles. The lowest BCUT2D eigenvalue weighted by Gasteiger charge is -2.03. The number of aromatic nitrogens is 2. The maximum absolute atomic E-state index is 13.8. The molecular formula is C14H11F2N3OS. The first kappa shape index (κ1) is 13.9. The highest BCUT2D eigenvalue weighted by atomic mass is 32.1. The number of halogens is 2. The molecule has 0 saturated heterocycles. The van der Waals surface area contributed by atoms with Crippen molar-refractivity contribution in [2.75, 3.05) is 0 Å². The summed E-state index contributed by atoms with van der Waals surface area (Å²) in [5, 5.41) is 11.5. The molecule has 3 rings (SSSR count). The third-order valence-electron chi connectivity index (χ3n) is 2.98. The number of nitrogens with zero attached hydrogens (tertiary/aromatic N) is 1. The molecule has 0 radical (unpaired) electrons. The number of thiophene rings is 1. The lowest BCUT2D eigenvalue weighted by molar-refractivity contribution is 0.182. The second kappa shape index (κ2) is 5.36. The van der Waals surface area contributed by atoms with Crippen LogP contribution >= 0.6 is 11.3 Å². The fourth-order valence-corrected chi connectivity index (χ4v) is 2.77. The second-order valence-corrected chi connectivity index (χ2v) is 5.31. The predicted octanol–water partition coefficient (Wildman–Crippen LogP) is 3.03. The summed E-state index contributed by atoms with van der Waals surface area (Å²) >= 11 is 1.39. The van der Waals surface area contributed by atoms with Gasteiger partial charge in [0.2, 0.25) is 0 Å². The van der Waals surface area contributed by atoms with E-state index >= 15 is 0 Å². The van der Waals surface area contributed by atoms with E-state index in [0.29, 0.717) is 5.69 Å². The zero-order valence-electron chi connectivity index (χ0n) is 10.7. The van der Waals surface area contributed by atoms with Crippen LogP contribution in [0.1, 0.15) is 11.9 Å². The van der Waals surface area contributed by atoms with Crippen molar-refractivity contribution >= 4 is 11.3 Å². The van der Waals surface area contributed by atoms with E-state index in [-0.39, 0.29) is 17.1 Å². The van der Waals surface area contributed by atoms with Gasteiger partial charge >= 0.3 is 0 Å². The molecule has 0 aliphatic rings. The zero-order chi connectivity index (χ0) is 15.0. The Balaban J connectivity index is 2.20. The molecule has 4 N–H and O–H groups in total. The number of nitrogens with one attached hydrogen (secondary N) is 1. The van der Waals surface area contributed by atoms with Crippen molar-refractivity contribution < 1.29 is 13.9 Å². The van der Waals surface area contributed by atoms with E-state index in [9.17, 15) is 13.9 Å². The van der Waals surface area contributed by atoms with E-state index < -0.39 is 17.9 Å². The maximum atomic E-state index is 13.8. The first-order chi connectivity index (χ1) is 10.1. The van der Waals surface area contributed by atoms with E-state index in [4.69, 9.17) is 5.73 Å². The third kappa shape index (κ3) is 2.46. The van der Waals surface area contributed by atoms with Crippen molar-refractivity contribution in [2.24, 2.45) is 5.73 Å². The number of benzene rings is 1. The van der Waals surface area contributed by atoms with Crippen LogP contribution in [0, 0.1) is 11.6 Å². The van der Waals surface area contributed by atoms with Crippen LogP contribution in [0.4, 0.5) is 8.78 Å².